The van der Waals surface area contributed by atoms with Gasteiger partial charge in [0.05, 0.1) is 24.0 Å². The molecular weight excluding hydrogens is 592 g/mol. The van der Waals surface area contributed by atoms with Gasteiger partial charge < -0.3 is 24.2 Å². The molecule has 0 spiro atoms. The van der Waals surface area contributed by atoms with Gasteiger partial charge in [0.15, 0.2) is 0 Å². The fraction of sp³-hybridized carbons (Fsp3) is 0.514. The van der Waals surface area contributed by atoms with Crippen molar-refractivity contribution in [1.82, 2.24) is 14.5 Å². The summed E-state index contributed by atoms with van der Waals surface area (Å²) in [6.45, 7) is 9.51. The van der Waals surface area contributed by atoms with Crippen molar-refractivity contribution < 1.29 is 28.2 Å². The van der Waals surface area contributed by atoms with Gasteiger partial charge in [0.1, 0.15) is 11.6 Å². The number of hydrogen-bond acceptors (Lipinski definition) is 6. The average Bonchev–Trinajstić information content (AvgIpc) is 3.64. The van der Waals surface area contributed by atoms with Crippen LogP contribution in [0.15, 0.2) is 48.8 Å². The van der Waals surface area contributed by atoms with Crippen LogP contribution in [0.5, 0.6) is 0 Å². The van der Waals surface area contributed by atoms with Gasteiger partial charge in [0, 0.05) is 63.4 Å². The number of carboxylic acids is 1. The fourth-order valence-electron chi connectivity index (χ4n) is 6.70. The van der Waals surface area contributed by atoms with Crippen molar-refractivity contribution in [1.29, 1.82) is 0 Å². The molecule has 2 aliphatic heterocycles. The van der Waals surface area contributed by atoms with Crippen molar-refractivity contribution in [3.8, 4) is 0 Å². The first-order valence-corrected chi connectivity index (χ1v) is 16.1. The number of likely N-dealkylation sites (tertiary alicyclic amines) is 1. The van der Waals surface area contributed by atoms with Crippen LogP contribution in [0.4, 0.5) is 20.4 Å². The van der Waals surface area contributed by atoms with E-state index in [4.69, 9.17) is 4.74 Å². The summed E-state index contributed by atoms with van der Waals surface area (Å²) in [5.74, 6) is -3.25. The number of ether oxygens (including phenoxy) is 1. The van der Waals surface area contributed by atoms with Gasteiger partial charge in [-0.1, -0.05) is 18.2 Å². The maximum absolute atomic E-state index is 15.0. The van der Waals surface area contributed by atoms with Gasteiger partial charge in [-0.05, 0) is 81.8 Å². The summed E-state index contributed by atoms with van der Waals surface area (Å²) in [5, 5.41) is 12.5. The van der Waals surface area contributed by atoms with E-state index in [2.05, 4.69) is 32.2 Å². The van der Waals surface area contributed by atoms with Gasteiger partial charge in [-0.25, -0.2) is 13.8 Å². The molecule has 2 fully saturated rings. The van der Waals surface area contributed by atoms with Gasteiger partial charge in [0.2, 0.25) is 11.9 Å². The second-order valence-corrected chi connectivity index (χ2v) is 13.3. The van der Waals surface area contributed by atoms with Crippen LogP contribution in [0.3, 0.4) is 0 Å². The normalized spacial score (nSPS) is 19.5. The van der Waals surface area contributed by atoms with E-state index >= 15 is 4.39 Å². The zero-order valence-corrected chi connectivity index (χ0v) is 27.1. The van der Waals surface area contributed by atoms with Crippen LogP contribution in [-0.2, 0) is 20.9 Å². The molecule has 5 rings (SSSR count). The highest BCUT2D eigenvalue weighted by atomic mass is 19.1. The van der Waals surface area contributed by atoms with Crippen molar-refractivity contribution in [2.24, 2.45) is 11.8 Å². The van der Waals surface area contributed by atoms with Crippen molar-refractivity contribution in [3.05, 3.63) is 77.1 Å². The maximum atomic E-state index is 15.0. The van der Waals surface area contributed by atoms with E-state index in [0.29, 0.717) is 57.1 Å². The van der Waals surface area contributed by atoms with Crippen molar-refractivity contribution >= 4 is 23.5 Å². The number of aryl methyl sites for hydroxylation is 1. The summed E-state index contributed by atoms with van der Waals surface area (Å²) in [7, 11) is 1.69. The molecule has 248 valence electrons. The Bertz CT molecular complexity index is 1530. The number of aliphatic carboxylic acids is 1. The Morgan fingerprint density at radius 1 is 1.11 bits per heavy atom. The number of imidazole rings is 1. The molecular formula is C35H45F2N5O4. The second kappa shape index (κ2) is 14.3. The van der Waals surface area contributed by atoms with Gasteiger partial charge in [0.25, 0.3) is 0 Å². The molecule has 1 amide bonds. The minimum Gasteiger partial charge on any atom is -0.481 e. The molecule has 0 aliphatic carbocycles. The molecule has 3 heterocycles. The highest BCUT2D eigenvalue weighted by Crippen LogP contribution is 2.36. The first-order chi connectivity index (χ1) is 21.9. The molecule has 2 aromatic carbocycles. The van der Waals surface area contributed by atoms with Crippen LogP contribution >= 0.6 is 0 Å². The maximum Gasteiger partial charge on any atom is 0.306 e. The molecule has 3 aromatic rings. The summed E-state index contributed by atoms with van der Waals surface area (Å²) in [4.78, 5) is 34.2. The average molecular weight is 638 g/mol. The van der Waals surface area contributed by atoms with Crippen LogP contribution in [0.2, 0.25) is 0 Å². The third-order valence-corrected chi connectivity index (χ3v) is 9.62. The van der Waals surface area contributed by atoms with E-state index in [1.807, 2.05) is 37.6 Å². The van der Waals surface area contributed by atoms with Gasteiger partial charge in [-0.3, -0.25) is 14.9 Å². The highest BCUT2D eigenvalue weighted by Gasteiger charge is 2.40. The first-order valence-electron chi connectivity index (χ1n) is 16.1. The number of halogens is 2. The lowest BCUT2D eigenvalue weighted by Crippen LogP contribution is -2.37. The van der Waals surface area contributed by atoms with Crippen molar-refractivity contribution in [2.75, 3.05) is 50.1 Å². The van der Waals surface area contributed by atoms with E-state index in [-0.39, 0.29) is 17.4 Å². The van der Waals surface area contributed by atoms with Gasteiger partial charge in [-0.2, -0.15) is 0 Å². The first kappa shape index (κ1) is 33.5. The van der Waals surface area contributed by atoms with Crippen LogP contribution in [0.1, 0.15) is 62.1 Å². The fourth-order valence-corrected chi connectivity index (χ4v) is 6.70. The van der Waals surface area contributed by atoms with Crippen LogP contribution in [0, 0.1) is 30.4 Å². The lowest BCUT2D eigenvalue weighted by molar-refractivity contribution is -0.142. The number of benzene rings is 2. The predicted molar refractivity (Wildman–Crippen MR) is 173 cm³/mol. The van der Waals surface area contributed by atoms with E-state index in [0.717, 1.165) is 42.3 Å². The van der Waals surface area contributed by atoms with E-state index in [1.54, 1.807) is 13.3 Å². The standard InChI is InChI=1S/C35H45F2N5O4/c1-23-6-7-25(31(18-23)41-15-10-24(11-16-41)33(44)45)20-42-17-13-38-34(42)39-32(43)29-22-40(14-5-12-35(2,3)46-4)21-28(29)27-9-8-26(36)19-30(27)37/h6-9,13,17-19,24,28-29H,5,10-12,14-16,20-22H2,1-4H3,(H,44,45)(H,38,39,43)/t28-,29+/m0/s1. The number of nitrogens with zero attached hydrogens (tertiary/aromatic N) is 4. The lowest BCUT2D eigenvalue weighted by Gasteiger charge is -2.33. The zero-order chi connectivity index (χ0) is 33.0. The molecule has 46 heavy (non-hydrogen) atoms. The Morgan fingerprint density at radius 2 is 1.87 bits per heavy atom. The van der Waals surface area contributed by atoms with Crippen molar-refractivity contribution in [2.45, 2.75) is 64.5 Å². The van der Waals surface area contributed by atoms with Gasteiger partial charge >= 0.3 is 5.97 Å². The Kier molecular flexibility index (Phi) is 10.4. The number of rotatable bonds is 12. The highest BCUT2D eigenvalue weighted by molar-refractivity contribution is 5.92. The number of carbonyl (C=O) groups excluding carboxylic acids is 1. The number of hydrogen-bond donors (Lipinski definition) is 2. The smallest absolute Gasteiger partial charge is 0.306 e. The molecule has 0 bridgehead atoms. The Hall–Kier alpha value is -3.83. The third kappa shape index (κ3) is 7.93. The number of carbonyl (C=O) groups is 2. The topological polar surface area (TPSA) is 99.9 Å². The number of nitrogens with one attached hydrogen (secondary N) is 1. The molecule has 2 N–H and O–H groups in total. The number of anilines is 2. The predicted octanol–water partition coefficient (Wildman–Crippen LogP) is 5.68. The zero-order valence-electron chi connectivity index (χ0n) is 27.1. The Morgan fingerprint density at radius 3 is 2.57 bits per heavy atom. The molecule has 0 radical (unpaired) electrons. The summed E-state index contributed by atoms with van der Waals surface area (Å²) < 4.78 is 36.3. The molecule has 2 atom stereocenters. The lowest BCUT2D eigenvalue weighted by atomic mass is 9.88. The summed E-state index contributed by atoms with van der Waals surface area (Å²) in [5.41, 5.74) is 3.26. The molecule has 9 nitrogen and oxygen atoms in total. The van der Waals surface area contributed by atoms with Gasteiger partial charge in [-0.15, -0.1) is 0 Å². The number of carboxylic acid groups (broad SMARTS) is 1. The summed E-state index contributed by atoms with van der Waals surface area (Å²) >= 11 is 0. The second-order valence-electron chi connectivity index (χ2n) is 13.3. The number of amides is 1. The number of aromatic nitrogens is 2. The number of methoxy groups -OCH3 is 1. The summed E-state index contributed by atoms with van der Waals surface area (Å²) in [6, 6.07) is 9.80. The number of piperidine rings is 1. The summed E-state index contributed by atoms with van der Waals surface area (Å²) in [6.07, 6.45) is 6.32. The minimum absolute atomic E-state index is 0.262. The van der Waals surface area contributed by atoms with E-state index in [9.17, 15) is 19.1 Å². The SMILES string of the molecule is COC(C)(C)CCCN1C[C@@H](C(=O)Nc2nccn2Cc2ccc(C)cc2N2CCC(C(=O)O)CC2)[C@H](c2ccc(F)cc2F)C1. The van der Waals surface area contributed by atoms with Crippen LogP contribution in [-0.4, -0.2) is 76.9 Å². The monoisotopic (exact) mass is 637 g/mol. The van der Waals surface area contributed by atoms with Crippen molar-refractivity contribution in [3.63, 3.8) is 0 Å². The quantitative estimate of drug-likeness (QED) is 0.264. The molecule has 1 aromatic heterocycles. The Labute approximate surface area is 269 Å². The Balaban J connectivity index is 1.32. The molecule has 0 saturated carbocycles. The minimum atomic E-state index is -0.743. The van der Waals surface area contributed by atoms with E-state index in [1.165, 1.54) is 12.1 Å². The third-order valence-electron chi connectivity index (χ3n) is 9.62. The van der Waals surface area contributed by atoms with Crippen LogP contribution in [0.25, 0.3) is 0 Å². The molecule has 0 unspecified atom stereocenters. The molecule has 11 heteroatoms. The van der Waals surface area contributed by atoms with Crippen LogP contribution < -0.4 is 10.2 Å². The largest absolute Gasteiger partial charge is 0.481 e. The molecule has 2 saturated heterocycles. The van der Waals surface area contributed by atoms with E-state index < -0.39 is 29.4 Å². The molecule has 2 aliphatic rings.